The maximum absolute atomic E-state index is 12.5. The smallest absolute Gasteiger partial charge is 0.223 e. The number of amides is 1. The minimum absolute atomic E-state index is 0.155. The maximum Gasteiger partial charge on any atom is 0.223 e. The normalized spacial score (nSPS) is 15.0. The number of hydrogen-bond acceptors (Lipinski definition) is 6. The predicted molar refractivity (Wildman–Crippen MR) is 112 cm³/mol. The van der Waals surface area contributed by atoms with Crippen LogP contribution in [0.3, 0.4) is 0 Å². The van der Waals surface area contributed by atoms with Gasteiger partial charge in [-0.25, -0.2) is 0 Å². The molecule has 8 nitrogen and oxygen atoms in total. The first-order valence-electron chi connectivity index (χ1n) is 9.75. The lowest BCUT2D eigenvalue weighted by Gasteiger charge is -2.32. The lowest BCUT2D eigenvalue weighted by Crippen LogP contribution is -2.47. The molecule has 1 N–H and O–H groups in total. The molecule has 9 heteroatoms. The summed E-state index contributed by atoms with van der Waals surface area (Å²) in [5, 5.41) is 17.0. The largest absolute Gasteiger partial charge is 0.364 e. The molecule has 29 heavy (non-hydrogen) atoms. The summed E-state index contributed by atoms with van der Waals surface area (Å²) in [6.45, 7) is 3.97. The second-order valence-electron chi connectivity index (χ2n) is 7.23. The number of halogens is 1. The van der Waals surface area contributed by atoms with Crippen molar-refractivity contribution >= 4 is 29.0 Å². The van der Waals surface area contributed by atoms with Crippen LogP contribution < -0.4 is 5.32 Å². The van der Waals surface area contributed by atoms with Crippen LogP contribution in [-0.4, -0.2) is 68.7 Å². The highest BCUT2D eigenvalue weighted by Crippen LogP contribution is 2.17. The van der Waals surface area contributed by atoms with Crippen LogP contribution in [0.1, 0.15) is 17.8 Å². The molecular formula is C20H24ClN7O. The first kappa shape index (κ1) is 19.6. The third kappa shape index (κ3) is 4.65. The fourth-order valence-corrected chi connectivity index (χ4v) is 3.55. The van der Waals surface area contributed by atoms with E-state index >= 15 is 0 Å². The molecule has 152 valence electrons. The van der Waals surface area contributed by atoms with Gasteiger partial charge in [0.05, 0.1) is 0 Å². The van der Waals surface area contributed by atoms with Crippen LogP contribution in [0.2, 0.25) is 5.02 Å². The third-order valence-corrected chi connectivity index (χ3v) is 5.53. The second kappa shape index (κ2) is 8.75. The highest BCUT2D eigenvalue weighted by Gasteiger charge is 2.19. The molecule has 1 saturated heterocycles. The Morgan fingerprint density at radius 1 is 1.10 bits per heavy atom. The zero-order chi connectivity index (χ0) is 20.2. The molecule has 0 aliphatic carbocycles. The van der Waals surface area contributed by atoms with Crippen LogP contribution in [0.5, 0.6) is 0 Å². The van der Waals surface area contributed by atoms with Gasteiger partial charge >= 0.3 is 0 Å². The maximum atomic E-state index is 12.5. The van der Waals surface area contributed by atoms with Crippen molar-refractivity contribution in [1.82, 2.24) is 29.6 Å². The first-order chi connectivity index (χ1) is 14.1. The number of hydrogen-bond donors (Lipinski definition) is 1. The van der Waals surface area contributed by atoms with Gasteiger partial charge < -0.3 is 15.1 Å². The van der Waals surface area contributed by atoms with Gasteiger partial charge in [-0.2, -0.15) is 4.52 Å². The number of carbonyl (C=O) groups excluding carboxylic acids is 1. The summed E-state index contributed by atoms with van der Waals surface area (Å²) < 4.78 is 1.70. The fourth-order valence-electron chi connectivity index (χ4n) is 3.34. The molecular weight excluding hydrogens is 390 g/mol. The van der Waals surface area contributed by atoms with Crippen molar-refractivity contribution < 1.29 is 4.79 Å². The quantitative estimate of drug-likeness (QED) is 0.666. The van der Waals surface area contributed by atoms with Crippen LogP contribution in [-0.2, 0) is 17.8 Å². The van der Waals surface area contributed by atoms with Gasteiger partial charge in [-0.15, -0.1) is 15.3 Å². The summed E-state index contributed by atoms with van der Waals surface area (Å²) in [6, 6.07) is 11.4. The van der Waals surface area contributed by atoms with Crippen molar-refractivity contribution in [3.05, 3.63) is 52.8 Å². The van der Waals surface area contributed by atoms with Crippen molar-refractivity contribution in [2.24, 2.45) is 0 Å². The summed E-state index contributed by atoms with van der Waals surface area (Å²) in [5.41, 5.74) is 1.66. The molecule has 1 amide bonds. The van der Waals surface area contributed by atoms with Gasteiger partial charge in [-0.05, 0) is 30.8 Å². The minimum atomic E-state index is 0.155. The van der Waals surface area contributed by atoms with Crippen LogP contribution in [0, 0.1) is 0 Å². The van der Waals surface area contributed by atoms with E-state index in [1.165, 1.54) is 0 Å². The van der Waals surface area contributed by atoms with Crippen molar-refractivity contribution in [1.29, 1.82) is 0 Å². The van der Waals surface area contributed by atoms with E-state index in [1.54, 1.807) is 4.52 Å². The summed E-state index contributed by atoms with van der Waals surface area (Å²) >= 11 is 6.21. The number of rotatable bonds is 6. The number of anilines is 1. The monoisotopic (exact) mass is 413 g/mol. The Morgan fingerprint density at radius 2 is 1.90 bits per heavy atom. The average Bonchev–Trinajstić information content (AvgIpc) is 3.14. The Kier molecular flexibility index (Phi) is 5.92. The second-order valence-corrected chi connectivity index (χ2v) is 7.64. The Morgan fingerprint density at radius 3 is 2.69 bits per heavy atom. The molecule has 3 aromatic rings. The van der Waals surface area contributed by atoms with E-state index in [4.69, 9.17) is 11.6 Å². The molecule has 1 aliphatic heterocycles. The third-order valence-electron chi connectivity index (χ3n) is 5.16. The van der Waals surface area contributed by atoms with E-state index in [9.17, 15) is 4.79 Å². The predicted octanol–water partition coefficient (Wildman–Crippen LogP) is 2.10. The molecule has 3 heterocycles. The van der Waals surface area contributed by atoms with E-state index in [0.29, 0.717) is 41.7 Å². The molecule has 1 fully saturated rings. The molecule has 1 aliphatic rings. The van der Waals surface area contributed by atoms with Gasteiger partial charge in [0.15, 0.2) is 11.5 Å². The fraction of sp³-hybridized carbons (Fsp3) is 0.400. The van der Waals surface area contributed by atoms with Crippen LogP contribution in [0.4, 0.5) is 5.82 Å². The van der Waals surface area contributed by atoms with Gasteiger partial charge in [-0.3, -0.25) is 4.79 Å². The molecule has 0 saturated carbocycles. The molecule has 0 spiro atoms. The molecule has 0 atom stereocenters. The molecule has 0 bridgehead atoms. The number of nitrogens with zero attached hydrogens (tertiary/aromatic N) is 6. The number of likely N-dealkylation sites (N-methyl/N-ethyl adjacent to an activating group) is 1. The van der Waals surface area contributed by atoms with E-state index in [1.807, 2.05) is 41.3 Å². The highest BCUT2D eigenvalue weighted by molar-refractivity contribution is 6.31. The van der Waals surface area contributed by atoms with Crippen LogP contribution in [0.15, 0.2) is 36.4 Å². The first-order valence-corrected chi connectivity index (χ1v) is 10.1. The van der Waals surface area contributed by atoms with Crippen LogP contribution >= 0.6 is 11.6 Å². The molecule has 2 aromatic heterocycles. The number of aryl methyl sites for hydroxylation is 1. The molecule has 0 unspecified atom stereocenters. The average molecular weight is 414 g/mol. The lowest BCUT2D eigenvalue weighted by atomic mass is 10.2. The van der Waals surface area contributed by atoms with E-state index in [0.717, 1.165) is 31.7 Å². The molecule has 4 rings (SSSR count). The molecule has 1 aromatic carbocycles. The minimum Gasteiger partial charge on any atom is -0.364 e. The summed E-state index contributed by atoms with van der Waals surface area (Å²) in [4.78, 5) is 16.7. The Hall–Kier alpha value is -2.71. The molecule has 0 radical (unpaired) electrons. The Labute approximate surface area is 174 Å². The van der Waals surface area contributed by atoms with Gasteiger partial charge in [0.25, 0.3) is 0 Å². The topological polar surface area (TPSA) is 78.7 Å². The van der Waals surface area contributed by atoms with Crippen molar-refractivity contribution in [3.63, 3.8) is 0 Å². The van der Waals surface area contributed by atoms with E-state index < -0.39 is 0 Å². The SMILES string of the molecule is CN1CCN(C(=O)CCc2nnc3ccc(NCc4ccccc4Cl)nn23)CC1. The zero-order valence-electron chi connectivity index (χ0n) is 16.4. The number of nitrogens with one attached hydrogen (secondary N) is 1. The van der Waals surface area contributed by atoms with Crippen molar-refractivity contribution in [2.75, 3.05) is 38.5 Å². The van der Waals surface area contributed by atoms with Crippen molar-refractivity contribution in [3.8, 4) is 0 Å². The van der Waals surface area contributed by atoms with E-state index in [2.05, 4.69) is 32.6 Å². The number of fused-ring (bicyclic) bond motifs is 1. The highest BCUT2D eigenvalue weighted by atomic mass is 35.5. The number of carbonyl (C=O) groups is 1. The Bertz CT molecular complexity index is 997. The number of piperazine rings is 1. The number of aromatic nitrogens is 4. The van der Waals surface area contributed by atoms with Gasteiger partial charge in [0, 0.05) is 50.6 Å². The lowest BCUT2D eigenvalue weighted by molar-refractivity contribution is -0.132. The Balaban J connectivity index is 1.40. The standard InChI is InChI=1S/C20H24ClN7O/c1-26-10-12-27(13-11-26)20(29)9-8-19-24-23-18-7-6-17(25-28(18)19)22-14-15-4-2-3-5-16(15)21/h2-7H,8-14H2,1H3,(H,22,25). The van der Waals surface area contributed by atoms with Crippen LogP contribution in [0.25, 0.3) is 5.65 Å². The summed E-state index contributed by atoms with van der Waals surface area (Å²) in [6.07, 6.45) is 0.913. The van der Waals surface area contributed by atoms with E-state index in [-0.39, 0.29) is 5.91 Å². The van der Waals surface area contributed by atoms with Gasteiger partial charge in [0.1, 0.15) is 5.82 Å². The van der Waals surface area contributed by atoms with Crippen molar-refractivity contribution in [2.45, 2.75) is 19.4 Å². The summed E-state index contributed by atoms with van der Waals surface area (Å²) in [5.74, 6) is 1.54. The summed E-state index contributed by atoms with van der Waals surface area (Å²) in [7, 11) is 2.08. The van der Waals surface area contributed by atoms with Gasteiger partial charge in [-0.1, -0.05) is 29.8 Å². The number of benzene rings is 1. The van der Waals surface area contributed by atoms with Gasteiger partial charge in [0.2, 0.25) is 5.91 Å². The zero-order valence-corrected chi connectivity index (χ0v) is 17.1.